The average Bonchev–Trinajstić information content (AvgIpc) is 3.31. The third-order valence-corrected chi connectivity index (χ3v) is 6.95. The van der Waals surface area contributed by atoms with E-state index in [0.29, 0.717) is 11.7 Å². The van der Waals surface area contributed by atoms with Gasteiger partial charge >= 0.3 is 0 Å². The van der Waals surface area contributed by atoms with Gasteiger partial charge in [-0.05, 0) is 85.6 Å². The number of hydrogen-bond acceptors (Lipinski definition) is 2. The number of nitrogens with zero attached hydrogens (tertiary/aromatic N) is 2. The molecule has 36 heavy (non-hydrogen) atoms. The fraction of sp³-hybridized carbons (Fsp3) is 0.233. The largest absolute Gasteiger partial charge is 0.495 e. The molecule has 0 aliphatic rings. The molecule has 0 spiro atoms. The third-order valence-electron chi connectivity index (χ3n) is 6.33. The number of anilines is 1. The Hall–Kier alpha value is -3.28. The van der Waals surface area contributed by atoms with Crippen LogP contribution in [0.5, 0.6) is 5.75 Å². The Bertz CT molecular complexity index is 1320. The number of para-hydroxylation sites is 2. The number of thiocarbonyl (C=S) groups is 1. The molecule has 0 aliphatic heterocycles. The van der Waals surface area contributed by atoms with Crippen LogP contribution in [-0.2, 0) is 19.5 Å². The Morgan fingerprint density at radius 3 is 2.53 bits per heavy atom. The van der Waals surface area contributed by atoms with Crippen molar-refractivity contribution in [1.29, 1.82) is 0 Å². The molecule has 0 atom stereocenters. The van der Waals surface area contributed by atoms with E-state index in [2.05, 4.69) is 77.3 Å². The lowest BCUT2D eigenvalue weighted by molar-refractivity contribution is 0.407. The summed E-state index contributed by atoms with van der Waals surface area (Å²) in [5, 5.41) is 4.81. The van der Waals surface area contributed by atoms with Gasteiger partial charge in [-0.15, -0.1) is 0 Å². The van der Waals surface area contributed by atoms with Crippen LogP contribution in [0.4, 0.5) is 5.69 Å². The normalized spacial score (nSPS) is 10.8. The summed E-state index contributed by atoms with van der Waals surface area (Å²) in [5.74, 6) is 0.760. The highest BCUT2D eigenvalue weighted by molar-refractivity contribution is 7.80. The topological polar surface area (TPSA) is 29.4 Å². The quantitative estimate of drug-likeness (QED) is 0.237. The van der Waals surface area contributed by atoms with Gasteiger partial charge in [0.2, 0.25) is 0 Å². The van der Waals surface area contributed by atoms with Crippen LogP contribution in [0.2, 0.25) is 5.02 Å². The van der Waals surface area contributed by atoms with Gasteiger partial charge in [-0.25, -0.2) is 0 Å². The Kier molecular flexibility index (Phi) is 8.68. The van der Waals surface area contributed by atoms with Crippen molar-refractivity contribution < 1.29 is 4.74 Å². The van der Waals surface area contributed by atoms with E-state index in [0.717, 1.165) is 36.0 Å². The molecule has 4 rings (SSSR count). The molecule has 3 aromatic carbocycles. The number of halogens is 1. The van der Waals surface area contributed by atoms with Crippen molar-refractivity contribution in [3.63, 3.8) is 0 Å². The first-order valence-corrected chi connectivity index (χ1v) is 12.8. The number of benzene rings is 3. The van der Waals surface area contributed by atoms with Crippen molar-refractivity contribution in [1.82, 2.24) is 9.47 Å². The van der Waals surface area contributed by atoms with Gasteiger partial charge in [0.25, 0.3) is 0 Å². The van der Waals surface area contributed by atoms with E-state index in [9.17, 15) is 0 Å². The molecular weight excluding hydrogens is 486 g/mol. The van der Waals surface area contributed by atoms with Crippen LogP contribution in [0.3, 0.4) is 0 Å². The molecular formula is C30H32ClN3OS. The molecule has 4 nitrogen and oxygen atoms in total. The number of methoxy groups -OCH3 is 1. The summed E-state index contributed by atoms with van der Waals surface area (Å²) in [6.45, 7) is 6.58. The van der Waals surface area contributed by atoms with Crippen LogP contribution < -0.4 is 10.1 Å². The van der Waals surface area contributed by atoms with E-state index in [1.165, 1.54) is 27.9 Å². The lowest BCUT2D eigenvalue weighted by Crippen LogP contribution is -2.36. The van der Waals surface area contributed by atoms with Gasteiger partial charge in [0, 0.05) is 30.0 Å². The van der Waals surface area contributed by atoms with Gasteiger partial charge in [0.15, 0.2) is 5.11 Å². The SMILES string of the molecule is COc1ccccc1NC(=S)N(CCc1ccc(Cl)cc1)Cc1cccn1Cc1ccc(C)cc1C. The fourth-order valence-electron chi connectivity index (χ4n) is 4.26. The van der Waals surface area contributed by atoms with Crippen LogP contribution >= 0.6 is 23.8 Å². The first-order chi connectivity index (χ1) is 17.4. The molecule has 0 saturated carbocycles. The second-order valence-corrected chi connectivity index (χ2v) is 9.81. The number of aromatic nitrogens is 1. The lowest BCUT2D eigenvalue weighted by atomic mass is 10.1. The molecule has 0 unspecified atom stereocenters. The number of ether oxygens (including phenoxy) is 1. The minimum atomic E-state index is 0.660. The molecule has 6 heteroatoms. The predicted molar refractivity (Wildman–Crippen MR) is 154 cm³/mol. The van der Waals surface area contributed by atoms with Crippen molar-refractivity contribution in [2.45, 2.75) is 33.4 Å². The van der Waals surface area contributed by atoms with Crippen molar-refractivity contribution >= 4 is 34.6 Å². The number of nitrogens with one attached hydrogen (secondary N) is 1. The van der Waals surface area contributed by atoms with Crippen molar-refractivity contribution in [3.8, 4) is 5.75 Å². The van der Waals surface area contributed by atoms with Crippen LogP contribution in [0.1, 0.15) is 27.9 Å². The van der Waals surface area contributed by atoms with E-state index in [1.54, 1.807) is 7.11 Å². The van der Waals surface area contributed by atoms with Gasteiger partial charge in [0.05, 0.1) is 19.3 Å². The Morgan fingerprint density at radius 2 is 1.78 bits per heavy atom. The molecule has 186 valence electrons. The van der Waals surface area contributed by atoms with Crippen molar-refractivity contribution in [2.24, 2.45) is 0 Å². The number of rotatable bonds is 9. The first kappa shape index (κ1) is 25.8. The predicted octanol–water partition coefficient (Wildman–Crippen LogP) is 7.26. The molecule has 1 N–H and O–H groups in total. The fourth-order valence-corrected chi connectivity index (χ4v) is 4.65. The highest BCUT2D eigenvalue weighted by atomic mass is 35.5. The second kappa shape index (κ2) is 12.1. The maximum Gasteiger partial charge on any atom is 0.173 e. The second-order valence-electron chi connectivity index (χ2n) is 8.99. The maximum atomic E-state index is 6.09. The first-order valence-electron chi connectivity index (χ1n) is 12.1. The zero-order valence-corrected chi connectivity index (χ0v) is 22.6. The van der Waals surface area contributed by atoms with Gasteiger partial charge < -0.3 is 19.5 Å². The Balaban J connectivity index is 1.55. The van der Waals surface area contributed by atoms with E-state index >= 15 is 0 Å². The molecule has 1 aromatic heterocycles. The summed E-state index contributed by atoms with van der Waals surface area (Å²) < 4.78 is 7.82. The van der Waals surface area contributed by atoms with E-state index in [-0.39, 0.29) is 0 Å². The summed E-state index contributed by atoms with van der Waals surface area (Å²) >= 11 is 12.0. The number of aryl methyl sites for hydroxylation is 2. The summed E-state index contributed by atoms with van der Waals surface area (Å²) in [6.07, 6.45) is 2.99. The van der Waals surface area contributed by atoms with Gasteiger partial charge in [-0.3, -0.25) is 0 Å². The maximum absolute atomic E-state index is 6.09. The molecule has 0 saturated heterocycles. The Morgan fingerprint density at radius 1 is 1.00 bits per heavy atom. The van der Waals surface area contributed by atoms with Crippen molar-refractivity contribution in [2.75, 3.05) is 19.0 Å². The molecule has 0 amide bonds. The summed E-state index contributed by atoms with van der Waals surface area (Å²) in [6, 6.07) is 26.7. The van der Waals surface area contributed by atoms with Gasteiger partial charge in [0.1, 0.15) is 5.75 Å². The molecule has 1 heterocycles. The monoisotopic (exact) mass is 517 g/mol. The summed E-state index contributed by atoms with van der Waals surface area (Å²) in [4.78, 5) is 2.21. The molecule has 0 fully saturated rings. The lowest BCUT2D eigenvalue weighted by Gasteiger charge is -2.27. The van der Waals surface area contributed by atoms with Gasteiger partial charge in [-0.1, -0.05) is 59.6 Å². The highest BCUT2D eigenvalue weighted by Crippen LogP contribution is 2.24. The summed E-state index contributed by atoms with van der Waals surface area (Å²) in [7, 11) is 1.67. The molecule has 0 aliphatic carbocycles. The van der Waals surface area contributed by atoms with E-state index in [4.69, 9.17) is 28.6 Å². The minimum Gasteiger partial charge on any atom is -0.495 e. The Labute approximate surface area is 224 Å². The molecule has 4 aromatic rings. The van der Waals surface area contributed by atoms with Gasteiger partial charge in [-0.2, -0.15) is 0 Å². The zero-order valence-electron chi connectivity index (χ0n) is 21.0. The molecule has 0 bridgehead atoms. The smallest absolute Gasteiger partial charge is 0.173 e. The standard InChI is InChI=1S/C30H32ClN3OS/c1-22-10-13-25(23(2)19-22)20-33-17-6-7-27(33)21-34(18-16-24-11-14-26(31)15-12-24)30(36)32-28-8-4-5-9-29(28)35-3/h4-15,17,19H,16,18,20-21H2,1-3H3,(H,32,36). The van der Waals surface area contributed by atoms with E-state index in [1.807, 2.05) is 36.4 Å². The zero-order chi connectivity index (χ0) is 25.5. The van der Waals surface area contributed by atoms with E-state index < -0.39 is 0 Å². The highest BCUT2D eigenvalue weighted by Gasteiger charge is 2.15. The van der Waals surface area contributed by atoms with Crippen LogP contribution in [0.15, 0.2) is 85.1 Å². The van der Waals surface area contributed by atoms with Crippen LogP contribution in [0, 0.1) is 13.8 Å². The van der Waals surface area contributed by atoms with Crippen molar-refractivity contribution in [3.05, 3.63) is 118 Å². The van der Waals surface area contributed by atoms with Crippen LogP contribution in [-0.4, -0.2) is 28.2 Å². The summed E-state index contributed by atoms with van der Waals surface area (Å²) in [5.41, 5.74) is 7.19. The third kappa shape index (κ3) is 6.68. The average molecular weight is 518 g/mol. The minimum absolute atomic E-state index is 0.660. The number of hydrogen-bond donors (Lipinski definition) is 1. The molecule has 0 radical (unpaired) electrons. The van der Waals surface area contributed by atoms with Crippen LogP contribution in [0.25, 0.3) is 0 Å².